The lowest BCUT2D eigenvalue weighted by atomic mass is 10.1. The lowest BCUT2D eigenvalue weighted by molar-refractivity contribution is -0.127. The second kappa shape index (κ2) is 8.18. The van der Waals surface area contributed by atoms with Crippen LogP contribution in [0.3, 0.4) is 0 Å². The SMILES string of the molecule is O=C[C@H](O)[C@H](O)[C@H](O)COP(=O)(O)OP(=O)(O)OP(=O)(O)O. The molecule has 0 aliphatic rings. The van der Waals surface area contributed by atoms with Crippen LogP contribution in [0.25, 0.3) is 0 Å². The van der Waals surface area contributed by atoms with Gasteiger partial charge in [0.05, 0.1) is 6.61 Å². The van der Waals surface area contributed by atoms with Gasteiger partial charge in [-0.15, -0.1) is 0 Å². The van der Waals surface area contributed by atoms with Gasteiger partial charge >= 0.3 is 23.5 Å². The average molecular weight is 390 g/mol. The van der Waals surface area contributed by atoms with Crippen molar-refractivity contribution in [3.8, 4) is 0 Å². The molecule has 0 aromatic heterocycles. The molecular formula is C5H13O14P3. The number of aldehydes is 1. The predicted molar refractivity (Wildman–Crippen MR) is 63.9 cm³/mol. The zero-order valence-electron chi connectivity index (χ0n) is 10.3. The summed E-state index contributed by atoms with van der Waals surface area (Å²) in [6.07, 6.45) is -6.38. The topological polar surface area (TPSA) is 238 Å². The number of hydrogen-bond donors (Lipinski definition) is 7. The van der Waals surface area contributed by atoms with Gasteiger partial charge in [0, 0.05) is 0 Å². The van der Waals surface area contributed by atoms with Crippen molar-refractivity contribution >= 4 is 29.8 Å². The minimum absolute atomic E-state index is 0.154. The van der Waals surface area contributed by atoms with E-state index < -0.39 is 48.4 Å². The fraction of sp³-hybridized carbons (Fsp3) is 0.800. The third-order valence-corrected chi connectivity index (χ3v) is 5.51. The van der Waals surface area contributed by atoms with Crippen molar-refractivity contribution in [2.75, 3.05) is 6.61 Å². The Morgan fingerprint density at radius 1 is 0.909 bits per heavy atom. The van der Waals surface area contributed by atoms with Gasteiger partial charge in [-0.3, -0.25) is 4.52 Å². The monoisotopic (exact) mass is 390 g/mol. The van der Waals surface area contributed by atoms with E-state index in [1.54, 1.807) is 0 Å². The molecule has 0 aromatic carbocycles. The first-order chi connectivity index (χ1) is 9.69. The Morgan fingerprint density at radius 2 is 1.41 bits per heavy atom. The van der Waals surface area contributed by atoms with Crippen molar-refractivity contribution in [1.82, 2.24) is 0 Å². The number of hydrogen-bond acceptors (Lipinski definition) is 10. The fourth-order valence-electron chi connectivity index (χ4n) is 0.881. The van der Waals surface area contributed by atoms with Crippen LogP contribution in [0.1, 0.15) is 0 Å². The van der Waals surface area contributed by atoms with Crippen molar-refractivity contribution in [3.63, 3.8) is 0 Å². The maximum absolute atomic E-state index is 11.2. The zero-order chi connectivity index (χ0) is 17.8. The normalized spacial score (nSPS) is 22.1. The molecule has 17 heteroatoms. The first-order valence-electron chi connectivity index (χ1n) is 4.97. The van der Waals surface area contributed by atoms with Gasteiger partial charge in [0.15, 0.2) is 6.29 Å². The molecular weight excluding hydrogens is 377 g/mol. The Labute approximate surface area is 122 Å². The zero-order valence-corrected chi connectivity index (χ0v) is 13.0. The summed E-state index contributed by atoms with van der Waals surface area (Å²) in [4.78, 5) is 44.4. The quantitative estimate of drug-likeness (QED) is 0.152. The molecule has 0 saturated heterocycles. The van der Waals surface area contributed by atoms with Gasteiger partial charge in [0.2, 0.25) is 0 Å². The molecule has 0 radical (unpaired) electrons. The molecule has 0 rings (SSSR count). The molecule has 0 heterocycles. The van der Waals surface area contributed by atoms with Crippen LogP contribution in [0.4, 0.5) is 0 Å². The molecule has 132 valence electrons. The highest BCUT2D eigenvalue weighted by Crippen LogP contribution is 2.66. The largest absolute Gasteiger partial charge is 0.490 e. The molecule has 0 bridgehead atoms. The minimum atomic E-state index is -5.70. The second-order valence-corrected chi connectivity index (χ2v) is 7.99. The first kappa shape index (κ1) is 22.0. The summed E-state index contributed by atoms with van der Waals surface area (Å²) in [5.41, 5.74) is 0. The van der Waals surface area contributed by atoms with E-state index in [1.165, 1.54) is 0 Å². The number of aliphatic hydroxyl groups is 3. The van der Waals surface area contributed by atoms with Gasteiger partial charge in [-0.25, -0.2) is 13.7 Å². The molecule has 22 heavy (non-hydrogen) atoms. The minimum Gasteiger partial charge on any atom is -0.388 e. The van der Waals surface area contributed by atoms with Crippen LogP contribution < -0.4 is 0 Å². The number of phosphoric acid groups is 3. The van der Waals surface area contributed by atoms with Crippen molar-refractivity contribution < 1.29 is 66.5 Å². The summed E-state index contributed by atoms with van der Waals surface area (Å²) in [7, 11) is -16.7. The van der Waals surface area contributed by atoms with Crippen molar-refractivity contribution in [1.29, 1.82) is 0 Å². The fourth-order valence-corrected chi connectivity index (χ4v) is 3.92. The molecule has 0 fully saturated rings. The molecule has 0 aliphatic heterocycles. The third-order valence-electron chi connectivity index (χ3n) is 1.71. The van der Waals surface area contributed by atoms with Gasteiger partial charge in [0.25, 0.3) is 0 Å². The maximum atomic E-state index is 11.2. The molecule has 2 unspecified atom stereocenters. The third kappa shape index (κ3) is 9.18. The number of aliphatic hydroxyl groups excluding tert-OH is 3. The van der Waals surface area contributed by atoms with Crippen LogP contribution in [0.15, 0.2) is 0 Å². The van der Waals surface area contributed by atoms with Gasteiger partial charge in [-0.05, 0) is 0 Å². The predicted octanol–water partition coefficient (Wildman–Crippen LogP) is -2.39. The molecule has 0 amide bonds. The number of carbonyl (C=O) groups is 1. The first-order valence-corrected chi connectivity index (χ1v) is 9.49. The summed E-state index contributed by atoms with van der Waals surface area (Å²) >= 11 is 0. The van der Waals surface area contributed by atoms with Gasteiger partial charge in [0.1, 0.15) is 18.3 Å². The summed E-state index contributed by atoms with van der Waals surface area (Å²) in [6, 6.07) is 0. The Bertz CT molecular complexity index is 511. The van der Waals surface area contributed by atoms with Crippen molar-refractivity contribution in [2.24, 2.45) is 0 Å². The lowest BCUT2D eigenvalue weighted by Gasteiger charge is -2.21. The molecule has 0 saturated carbocycles. The molecule has 14 nitrogen and oxygen atoms in total. The average Bonchev–Trinajstić information content (AvgIpc) is 2.29. The van der Waals surface area contributed by atoms with E-state index in [9.17, 15) is 23.6 Å². The Kier molecular flexibility index (Phi) is 8.16. The van der Waals surface area contributed by atoms with Crippen LogP contribution in [0.2, 0.25) is 0 Å². The Balaban J connectivity index is 4.65. The molecule has 0 aliphatic carbocycles. The van der Waals surface area contributed by atoms with E-state index >= 15 is 0 Å². The van der Waals surface area contributed by atoms with Crippen molar-refractivity contribution in [2.45, 2.75) is 18.3 Å². The molecule has 0 aromatic rings. The van der Waals surface area contributed by atoms with E-state index in [2.05, 4.69) is 13.1 Å². The summed E-state index contributed by atoms with van der Waals surface area (Å²) in [5, 5.41) is 27.2. The standard InChI is InChI=1S/C5H13O14P3/c6-1-3(7)5(9)4(8)2-17-21(13,14)19-22(15,16)18-20(10,11)12/h1,3-5,7-9H,2H2,(H,13,14)(H,15,16)(H2,10,11,12)/t3-,4+,5-/m0/s1. The van der Waals surface area contributed by atoms with Crippen LogP contribution in [-0.4, -0.2) is 66.1 Å². The molecule has 5 atom stereocenters. The van der Waals surface area contributed by atoms with Crippen molar-refractivity contribution in [3.05, 3.63) is 0 Å². The highest BCUT2D eigenvalue weighted by molar-refractivity contribution is 7.66. The smallest absolute Gasteiger partial charge is 0.388 e. The second-order valence-electron chi connectivity index (χ2n) is 3.57. The van der Waals surface area contributed by atoms with Gasteiger partial charge in [-0.1, -0.05) is 0 Å². The molecule has 7 N–H and O–H groups in total. The summed E-state index contributed by atoms with van der Waals surface area (Å²) in [5.74, 6) is 0. The Morgan fingerprint density at radius 3 is 1.82 bits per heavy atom. The van der Waals surface area contributed by atoms with Crippen LogP contribution in [0.5, 0.6) is 0 Å². The highest BCUT2D eigenvalue weighted by atomic mass is 31.3. The van der Waals surface area contributed by atoms with Crippen LogP contribution >= 0.6 is 23.5 Å². The van der Waals surface area contributed by atoms with Crippen LogP contribution in [-0.2, 0) is 31.6 Å². The lowest BCUT2D eigenvalue weighted by Crippen LogP contribution is -2.40. The number of rotatable bonds is 10. The number of carbonyl (C=O) groups excluding carboxylic acids is 1. The van der Waals surface area contributed by atoms with E-state index in [0.29, 0.717) is 0 Å². The van der Waals surface area contributed by atoms with E-state index in [-0.39, 0.29) is 6.29 Å². The van der Waals surface area contributed by atoms with E-state index in [0.717, 1.165) is 0 Å². The summed E-state index contributed by atoms with van der Waals surface area (Å²) in [6.45, 7) is -1.25. The molecule has 0 spiro atoms. The van der Waals surface area contributed by atoms with Gasteiger partial charge < -0.3 is 39.7 Å². The highest BCUT2D eigenvalue weighted by Gasteiger charge is 2.41. The Hall–Kier alpha value is -0.0400. The number of phosphoric ester groups is 1. The van der Waals surface area contributed by atoms with E-state index in [4.69, 9.17) is 29.8 Å². The van der Waals surface area contributed by atoms with Crippen LogP contribution in [0, 0.1) is 0 Å². The maximum Gasteiger partial charge on any atom is 0.490 e. The van der Waals surface area contributed by atoms with E-state index in [1.807, 2.05) is 0 Å². The summed E-state index contributed by atoms with van der Waals surface area (Å²) < 4.78 is 43.1. The van der Waals surface area contributed by atoms with Gasteiger partial charge in [-0.2, -0.15) is 8.62 Å².